The molecule has 1 fully saturated rings. The summed E-state index contributed by atoms with van der Waals surface area (Å²) in [4.78, 5) is 3.98. The lowest BCUT2D eigenvalue weighted by Gasteiger charge is -2.35. The van der Waals surface area contributed by atoms with Gasteiger partial charge in [0, 0.05) is 35.8 Å². The standard InChI is InChI=1S/C15H22N2OS2/c1-20-13-6-2-5-12(14(13)15(16)19)17-8-3-4-11(10-17)7-9-18/h2,5-6,11,18H,3-4,7-10H2,1H3,(H2,16,19). The van der Waals surface area contributed by atoms with Crippen LogP contribution in [0.5, 0.6) is 0 Å². The second-order valence-electron chi connectivity index (χ2n) is 5.19. The van der Waals surface area contributed by atoms with Crippen molar-refractivity contribution in [3.05, 3.63) is 23.8 Å². The lowest BCUT2D eigenvalue weighted by Crippen LogP contribution is -2.37. The highest BCUT2D eigenvalue weighted by atomic mass is 32.2. The Kier molecular flexibility index (Phi) is 5.69. The fourth-order valence-electron chi connectivity index (χ4n) is 2.90. The molecule has 3 N–H and O–H groups in total. The largest absolute Gasteiger partial charge is 0.396 e. The topological polar surface area (TPSA) is 49.5 Å². The molecule has 1 aliphatic heterocycles. The molecule has 1 saturated heterocycles. The first-order valence-corrected chi connectivity index (χ1v) is 8.63. The minimum atomic E-state index is 0.269. The maximum atomic E-state index is 9.14. The molecular weight excluding hydrogens is 288 g/mol. The summed E-state index contributed by atoms with van der Waals surface area (Å²) in [5, 5.41) is 9.14. The number of thioether (sulfide) groups is 1. The van der Waals surface area contributed by atoms with Crippen molar-refractivity contribution in [1.82, 2.24) is 0 Å². The van der Waals surface area contributed by atoms with Crippen molar-refractivity contribution < 1.29 is 5.11 Å². The Morgan fingerprint density at radius 1 is 1.55 bits per heavy atom. The Bertz CT molecular complexity index is 477. The summed E-state index contributed by atoms with van der Waals surface area (Å²) >= 11 is 6.93. The molecule has 0 bridgehead atoms. The maximum Gasteiger partial charge on any atom is 0.107 e. The number of hydrogen-bond donors (Lipinski definition) is 2. The van der Waals surface area contributed by atoms with Crippen molar-refractivity contribution in [2.45, 2.75) is 24.2 Å². The molecule has 1 aromatic rings. The Morgan fingerprint density at radius 2 is 2.35 bits per heavy atom. The summed E-state index contributed by atoms with van der Waals surface area (Å²) in [6.45, 7) is 2.29. The molecule has 1 aromatic carbocycles. The zero-order chi connectivity index (χ0) is 14.5. The van der Waals surface area contributed by atoms with E-state index in [1.165, 1.54) is 6.42 Å². The lowest BCUT2D eigenvalue weighted by molar-refractivity contribution is 0.244. The van der Waals surface area contributed by atoms with Crippen LogP contribution in [0.1, 0.15) is 24.8 Å². The van der Waals surface area contributed by atoms with Crippen LogP contribution in [0.25, 0.3) is 0 Å². The molecular formula is C15H22N2OS2. The number of aliphatic hydroxyl groups is 1. The lowest BCUT2D eigenvalue weighted by atomic mass is 9.94. The number of anilines is 1. The Balaban J connectivity index is 2.29. The molecule has 0 radical (unpaired) electrons. The quantitative estimate of drug-likeness (QED) is 0.647. The normalized spacial score (nSPS) is 19.1. The first-order valence-electron chi connectivity index (χ1n) is 7.00. The summed E-state index contributed by atoms with van der Waals surface area (Å²) in [6.07, 6.45) is 5.28. The van der Waals surface area contributed by atoms with Gasteiger partial charge in [-0.3, -0.25) is 0 Å². The van der Waals surface area contributed by atoms with Gasteiger partial charge in [-0.2, -0.15) is 0 Å². The van der Waals surface area contributed by atoms with Gasteiger partial charge in [-0.1, -0.05) is 18.3 Å². The van der Waals surface area contributed by atoms with Gasteiger partial charge in [0.2, 0.25) is 0 Å². The van der Waals surface area contributed by atoms with Crippen LogP contribution < -0.4 is 10.6 Å². The molecule has 0 aliphatic carbocycles. The molecule has 1 aliphatic rings. The zero-order valence-electron chi connectivity index (χ0n) is 11.8. The SMILES string of the molecule is CSc1cccc(N2CCCC(CCO)C2)c1C(N)=S. The van der Waals surface area contributed by atoms with E-state index in [0.29, 0.717) is 10.9 Å². The third kappa shape index (κ3) is 3.45. The molecule has 2 rings (SSSR count). The highest BCUT2D eigenvalue weighted by Gasteiger charge is 2.23. The van der Waals surface area contributed by atoms with Crippen LogP contribution in [0.2, 0.25) is 0 Å². The number of aliphatic hydroxyl groups excluding tert-OH is 1. The number of thiocarbonyl (C=S) groups is 1. The Labute approximate surface area is 130 Å². The minimum absolute atomic E-state index is 0.269. The fraction of sp³-hybridized carbons (Fsp3) is 0.533. The molecule has 5 heteroatoms. The molecule has 0 aromatic heterocycles. The highest BCUT2D eigenvalue weighted by Crippen LogP contribution is 2.32. The van der Waals surface area contributed by atoms with E-state index < -0.39 is 0 Å². The summed E-state index contributed by atoms with van der Waals surface area (Å²) in [7, 11) is 0. The average Bonchev–Trinajstić information content (AvgIpc) is 2.47. The molecule has 3 nitrogen and oxygen atoms in total. The van der Waals surface area contributed by atoms with Crippen molar-refractivity contribution in [3.63, 3.8) is 0 Å². The van der Waals surface area contributed by atoms with Gasteiger partial charge in [0.1, 0.15) is 4.99 Å². The van der Waals surface area contributed by atoms with Gasteiger partial charge in [0.25, 0.3) is 0 Å². The van der Waals surface area contributed by atoms with Gasteiger partial charge in [0.15, 0.2) is 0 Å². The Hall–Kier alpha value is -0.780. The van der Waals surface area contributed by atoms with Gasteiger partial charge >= 0.3 is 0 Å². The van der Waals surface area contributed by atoms with Crippen LogP contribution in [-0.2, 0) is 0 Å². The van der Waals surface area contributed by atoms with Crippen molar-refractivity contribution >= 4 is 34.7 Å². The van der Waals surface area contributed by atoms with Gasteiger partial charge in [-0.05, 0) is 43.6 Å². The molecule has 0 spiro atoms. The first-order chi connectivity index (χ1) is 9.67. The van der Waals surface area contributed by atoms with E-state index in [9.17, 15) is 0 Å². The predicted molar refractivity (Wildman–Crippen MR) is 90.8 cm³/mol. The second-order valence-corrected chi connectivity index (χ2v) is 6.47. The molecule has 0 saturated carbocycles. The Morgan fingerprint density at radius 3 is 3.00 bits per heavy atom. The van der Waals surface area contributed by atoms with Gasteiger partial charge in [-0.25, -0.2) is 0 Å². The maximum absolute atomic E-state index is 9.14. The number of piperidine rings is 1. The average molecular weight is 310 g/mol. The van der Waals surface area contributed by atoms with Crippen molar-refractivity contribution in [2.75, 3.05) is 30.9 Å². The van der Waals surface area contributed by atoms with Gasteiger partial charge < -0.3 is 15.7 Å². The fourth-order valence-corrected chi connectivity index (χ4v) is 3.82. The van der Waals surface area contributed by atoms with E-state index in [-0.39, 0.29) is 6.61 Å². The summed E-state index contributed by atoms with van der Waals surface area (Å²) in [5.74, 6) is 0.561. The van der Waals surface area contributed by atoms with Crippen LogP contribution in [0, 0.1) is 5.92 Å². The van der Waals surface area contributed by atoms with E-state index in [1.54, 1.807) is 11.8 Å². The molecule has 110 valence electrons. The van der Waals surface area contributed by atoms with Crippen LogP contribution in [-0.4, -0.2) is 36.0 Å². The smallest absolute Gasteiger partial charge is 0.107 e. The van der Waals surface area contributed by atoms with E-state index in [4.69, 9.17) is 23.1 Å². The van der Waals surface area contributed by atoms with Crippen molar-refractivity contribution in [1.29, 1.82) is 0 Å². The van der Waals surface area contributed by atoms with Gasteiger partial charge in [0.05, 0.1) is 0 Å². The number of hydrogen-bond acceptors (Lipinski definition) is 4. The molecule has 20 heavy (non-hydrogen) atoms. The van der Waals surface area contributed by atoms with E-state index in [1.807, 2.05) is 6.26 Å². The highest BCUT2D eigenvalue weighted by molar-refractivity contribution is 7.98. The molecule has 1 unspecified atom stereocenters. The summed E-state index contributed by atoms with van der Waals surface area (Å²) in [6, 6.07) is 6.24. The van der Waals surface area contributed by atoms with Crippen molar-refractivity contribution in [3.8, 4) is 0 Å². The summed E-state index contributed by atoms with van der Waals surface area (Å²) < 4.78 is 0. The van der Waals surface area contributed by atoms with Gasteiger partial charge in [-0.15, -0.1) is 11.8 Å². The third-order valence-electron chi connectivity index (χ3n) is 3.87. The summed E-state index contributed by atoms with van der Waals surface area (Å²) in [5.41, 5.74) is 8.09. The molecule has 1 atom stereocenters. The van der Waals surface area contributed by atoms with Crippen LogP contribution in [0.3, 0.4) is 0 Å². The molecule has 0 amide bonds. The third-order valence-corrected chi connectivity index (χ3v) is 4.85. The van der Waals surface area contributed by atoms with E-state index in [0.717, 1.165) is 42.1 Å². The van der Waals surface area contributed by atoms with E-state index in [2.05, 4.69) is 23.1 Å². The molecule has 1 heterocycles. The number of nitrogens with two attached hydrogens (primary N) is 1. The van der Waals surface area contributed by atoms with E-state index >= 15 is 0 Å². The van der Waals surface area contributed by atoms with Crippen LogP contribution >= 0.6 is 24.0 Å². The number of benzene rings is 1. The monoisotopic (exact) mass is 310 g/mol. The number of rotatable bonds is 5. The van der Waals surface area contributed by atoms with Crippen LogP contribution in [0.4, 0.5) is 5.69 Å². The minimum Gasteiger partial charge on any atom is -0.396 e. The predicted octanol–water partition coefficient (Wildman–Crippen LogP) is 2.64. The number of nitrogens with zero attached hydrogens (tertiary/aromatic N) is 1. The van der Waals surface area contributed by atoms with Crippen LogP contribution in [0.15, 0.2) is 23.1 Å². The first kappa shape index (κ1) is 15.6. The van der Waals surface area contributed by atoms with Crippen molar-refractivity contribution in [2.24, 2.45) is 11.7 Å². The second kappa shape index (κ2) is 7.29. The zero-order valence-corrected chi connectivity index (χ0v) is 13.5.